The minimum absolute atomic E-state index is 0.00989. The van der Waals surface area contributed by atoms with E-state index in [1.807, 2.05) is 6.92 Å². The maximum Gasteiger partial charge on any atom is 0.335 e. The van der Waals surface area contributed by atoms with Crippen molar-refractivity contribution in [2.45, 2.75) is 45.1 Å². The summed E-state index contributed by atoms with van der Waals surface area (Å²) < 4.78 is 0. The Kier molecular flexibility index (Phi) is 9.23. The topological polar surface area (TPSA) is 74.7 Å². The van der Waals surface area contributed by atoms with Gasteiger partial charge in [-0.3, -0.25) is 9.59 Å². The number of allylic oxidation sites excluding steroid dienone is 1. The number of benzene rings is 5. The lowest BCUT2D eigenvalue weighted by molar-refractivity contribution is 0.0696. The number of carboxylic acids is 1. The number of rotatable bonds is 8. The number of hydrogen-bond acceptors (Lipinski definition) is 6. The maximum absolute atomic E-state index is 13.3. The molecule has 59 heavy (non-hydrogen) atoms. The molecule has 2 atom stereocenters. The molecule has 1 N–H and O–H groups in total. The van der Waals surface area contributed by atoms with Crippen LogP contribution in [0.2, 0.25) is 0 Å². The average Bonchev–Trinajstić information content (AvgIpc) is 4.08. The molecule has 2 unspecified atom stereocenters. The molecule has 5 aromatic carbocycles. The number of nitrogens with zero attached hydrogens (tertiary/aromatic N) is 1. The lowest BCUT2D eigenvalue weighted by Crippen LogP contribution is -2.26. The highest BCUT2D eigenvalue weighted by atomic mass is 32.1. The molecule has 0 amide bonds. The number of ketones is 2. The zero-order valence-electron chi connectivity index (χ0n) is 32.6. The summed E-state index contributed by atoms with van der Waals surface area (Å²) in [5.74, 6) is -1.43. The highest BCUT2D eigenvalue weighted by molar-refractivity contribution is 7.24. The van der Waals surface area contributed by atoms with Crippen molar-refractivity contribution in [2.24, 2.45) is 0 Å². The second-order valence-corrected chi connectivity index (χ2v) is 17.8. The first-order chi connectivity index (χ1) is 28.7. The molecule has 7 heteroatoms. The van der Waals surface area contributed by atoms with Gasteiger partial charge >= 0.3 is 5.97 Å². The monoisotopic (exact) mass is 805 g/mol. The van der Waals surface area contributed by atoms with Crippen molar-refractivity contribution in [1.29, 1.82) is 0 Å². The zero-order chi connectivity index (χ0) is 40.4. The van der Waals surface area contributed by atoms with Crippen molar-refractivity contribution in [2.75, 3.05) is 4.90 Å². The van der Waals surface area contributed by atoms with Crippen molar-refractivity contribution in [3.63, 3.8) is 0 Å². The van der Waals surface area contributed by atoms with Crippen LogP contribution in [0.4, 0.5) is 11.4 Å². The number of thiophene rings is 2. The second-order valence-electron chi connectivity index (χ2n) is 15.7. The molecule has 0 saturated heterocycles. The first kappa shape index (κ1) is 36.9. The minimum Gasteiger partial charge on any atom is -0.478 e. The third kappa shape index (κ3) is 6.51. The van der Waals surface area contributed by atoms with E-state index in [1.165, 1.54) is 97.5 Å². The number of hydrogen-bond donors (Lipinski definition) is 1. The van der Waals surface area contributed by atoms with Gasteiger partial charge in [-0.25, -0.2) is 4.79 Å². The summed E-state index contributed by atoms with van der Waals surface area (Å²) in [4.78, 5) is 45.0. The fourth-order valence-corrected chi connectivity index (χ4v) is 11.6. The van der Waals surface area contributed by atoms with Crippen LogP contribution in [0.25, 0.3) is 37.9 Å². The molecule has 1 fully saturated rings. The van der Waals surface area contributed by atoms with Crippen LogP contribution in [0.3, 0.4) is 0 Å². The average molecular weight is 806 g/mol. The van der Waals surface area contributed by atoms with Crippen LogP contribution < -0.4 is 4.90 Å². The van der Waals surface area contributed by atoms with Crippen LogP contribution in [0, 0.1) is 13.8 Å². The Morgan fingerprint density at radius 3 is 2.10 bits per heavy atom. The van der Waals surface area contributed by atoms with Crippen LogP contribution >= 0.6 is 22.7 Å². The summed E-state index contributed by atoms with van der Waals surface area (Å²) in [6, 6.07) is 46.2. The molecule has 2 aliphatic carbocycles. The number of aromatic carboxylic acids is 1. The lowest BCUT2D eigenvalue weighted by Gasteiger charge is -2.27. The van der Waals surface area contributed by atoms with Gasteiger partial charge in [-0.2, -0.15) is 0 Å². The molecular weight excluding hydrogens is 767 g/mol. The largest absolute Gasteiger partial charge is 0.478 e. The van der Waals surface area contributed by atoms with E-state index in [-0.39, 0.29) is 28.0 Å². The van der Waals surface area contributed by atoms with E-state index in [4.69, 9.17) is 0 Å². The van der Waals surface area contributed by atoms with E-state index in [0.717, 1.165) is 15.3 Å². The van der Waals surface area contributed by atoms with Crippen molar-refractivity contribution in [1.82, 2.24) is 0 Å². The first-order valence-corrected chi connectivity index (χ1v) is 21.6. The van der Waals surface area contributed by atoms with Gasteiger partial charge in [0.05, 0.1) is 11.1 Å². The Labute approximate surface area is 351 Å². The predicted octanol–water partition coefficient (Wildman–Crippen LogP) is 13.3. The number of anilines is 2. The fraction of sp³-hybridized carbons (Fsp3) is 0.135. The normalized spacial score (nSPS) is 17.3. The Morgan fingerprint density at radius 2 is 1.39 bits per heavy atom. The zero-order valence-corrected chi connectivity index (χ0v) is 34.2. The smallest absolute Gasteiger partial charge is 0.335 e. The third-order valence-corrected chi connectivity index (χ3v) is 14.7. The Hall–Kier alpha value is -6.41. The molecule has 10 rings (SSSR count). The molecule has 0 bridgehead atoms. The molecule has 0 spiro atoms. The van der Waals surface area contributed by atoms with E-state index in [1.54, 1.807) is 28.7 Å². The minimum atomic E-state index is -1.13. The van der Waals surface area contributed by atoms with E-state index in [2.05, 4.69) is 133 Å². The van der Waals surface area contributed by atoms with Gasteiger partial charge in [0.2, 0.25) is 0 Å². The lowest BCUT2D eigenvalue weighted by atomic mass is 9.95. The van der Waals surface area contributed by atoms with E-state index < -0.39 is 11.8 Å². The quantitative estimate of drug-likeness (QED) is 0.0940. The van der Waals surface area contributed by atoms with Crippen LogP contribution in [-0.2, 0) is 0 Å². The van der Waals surface area contributed by atoms with Crippen molar-refractivity contribution >= 4 is 69.3 Å². The van der Waals surface area contributed by atoms with E-state index in [0.29, 0.717) is 12.0 Å². The number of aryl methyl sites for hydroxylation is 2. The molecule has 3 aliphatic rings. The molecule has 1 aliphatic heterocycles. The van der Waals surface area contributed by atoms with Gasteiger partial charge in [0, 0.05) is 54.0 Å². The summed E-state index contributed by atoms with van der Waals surface area (Å²) in [6.45, 7) is 4.14. The number of carboxylic acid groups (broad SMARTS) is 1. The molecule has 5 nitrogen and oxygen atoms in total. The molecule has 0 radical (unpaired) electrons. The van der Waals surface area contributed by atoms with E-state index >= 15 is 0 Å². The van der Waals surface area contributed by atoms with Crippen LogP contribution in [0.15, 0.2) is 139 Å². The molecule has 288 valence electrons. The number of fused-ring (bicyclic) bond motifs is 4. The van der Waals surface area contributed by atoms with Crippen LogP contribution in [0.1, 0.15) is 94.5 Å². The fourth-order valence-electron chi connectivity index (χ4n) is 9.15. The third-order valence-electron chi connectivity index (χ3n) is 12.1. The first-order valence-electron chi connectivity index (χ1n) is 20.0. The molecular formula is C52H39NO4S2. The van der Waals surface area contributed by atoms with Gasteiger partial charge in [0.15, 0.2) is 11.6 Å². The summed E-state index contributed by atoms with van der Waals surface area (Å²) >= 11 is 3.35. The Morgan fingerprint density at radius 1 is 0.695 bits per heavy atom. The Bertz CT molecular complexity index is 2860. The molecule has 7 aromatic rings. The van der Waals surface area contributed by atoms with Gasteiger partial charge in [0.25, 0.3) is 0 Å². The van der Waals surface area contributed by atoms with Gasteiger partial charge in [-0.1, -0.05) is 85.3 Å². The number of Topliss-reactive ketones (excluding diaryl/α,β-unsaturated/α-hetero) is 2. The van der Waals surface area contributed by atoms with Crippen molar-refractivity contribution in [3.8, 4) is 20.2 Å². The predicted molar refractivity (Wildman–Crippen MR) is 241 cm³/mol. The molecule has 2 aromatic heterocycles. The maximum atomic E-state index is 13.3. The molecule has 3 heterocycles. The van der Waals surface area contributed by atoms with Gasteiger partial charge < -0.3 is 10.0 Å². The summed E-state index contributed by atoms with van der Waals surface area (Å²) in [5.41, 5.74) is 12.6. The van der Waals surface area contributed by atoms with Crippen LogP contribution in [0.5, 0.6) is 0 Å². The van der Waals surface area contributed by atoms with Crippen molar-refractivity contribution in [3.05, 3.63) is 194 Å². The SMILES string of the molecule is Cc1cc(-c2sc(-c3ccc4c(c3)C3CCCC3N4c3ccc(C=C(c4ccccc4)c4ccccc4)cc3)cc2C)sc1/C=C1\C(=O)c2ccc(C(=O)O)cc2C1=O. The standard InChI is InChI=1S/C52H39NO4S2/c1-30-24-48(58-46(30)29-43-49(54)39-22-18-36(52(56)57)28-42(39)50(43)55)51-31(2)25-47(59-51)35-19-23-45-41(27-35)38-14-9-15-44(38)53(45)37-20-16-32(17-21-37)26-40(33-10-5-3-6-11-33)34-12-7-4-8-13-34/h3-8,10-13,16-29,38,44H,9,14-15H2,1-2H3,(H,56,57)/b43-29+. The summed E-state index contributed by atoms with van der Waals surface area (Å²) in [5, 5.41) is 9.41. The highest BCUT2D eigenvalue weighted by Crippen LogP contribution is 2.54. The highest BCUT2D eigenvalue weighted by Gasteiger charge is 2.42. The number of carbonyl (C=O) groups excluding carboxylic acids is 2. The summed E-state index contributed by atoms with van der Waals surface area (Å²) in [6.07, 6.45) is 7.56. The molecule has 1 saturated carbocycles. The van der Waals surface area contributed by atoms with Gasteiger partial charge in [-0.15, -0.1) is 22.7 Å². The van der Waals surface area contributed by atoms with Gasteiger partial charge in [0.1, 0.15) is 0 Å². The second kappa shape index (κ2) is 14.8. The number of carbonyl (C=O) groups is 3. The van der Waals surface area contributed by atoms with Gasteiger partial charge in [-0.05, 0) is 138 Å². The van der Waals surface area contributed by atoms with Crippen LogP contribution in [-0.4, -0.2) is 28.7 Å². The Balaban J connectivity index is 0.927. The summed E-state index contributed by atoms with van der Waals surface area (Å²) in [7, 11) is 0. The van der Waals surface area contributed by atoms with E-state index in [9.17, 15) is 19.5 Å². The van der Waals surface area contributed by atoms with Crippen molar-refractivity contribution < 1.29 is 19.5 Å².